The fourth-order valence-corrected chi connectivity index (χ4v) is 2.02. The molecule has 0 saturated heterocycles. The fraction of sp³-hybridized carbons (Fsp3) is 0.400. The van der Waals surface area contributed by atoms with E-state index < -0.39 is 0 Å². The molecule has 5 heteroatoms. The number of methoxy groups -OCH3 is 1. The lowest BCUT2D eigenvalue weighted by Gasteiger charge is -2.04. The number of fused-ring (bicyclic) bond motifs is 1. The van der Waals surface area contributed by atoms with Gasteiger partial charge in [-0.2, -0.15) is 0 Å². The maximum absolute atomic E-state index is 5.15. The molecular weight excluding hydrogens is 258 g/mol. The van der Waals surface area contributed by atoms with Crippen LogP contribution in [0.2, 0.25) is 0 Å². The van der Waals surface area contributed by atoms with Crippen molar-refractivity contribution >= 4 is 27.0 Å². The van der Waals surface area contributed by atoms with Crippen LogP contribution in [-0.4, -0.2) is 22.1 Å². The van der Waals surface area contributed by atoms with Crippen molar-refractivity contribution in [3.8, 4) is 0 Å². The number of benzene rings is 1. The smallest absolute Gasteiger partial charge is 0.119 e. The summed E-state index contributed by atoms with van der Waals surface area (Å²) in [5.74, 6) is 0. The summed E-state index contributed by atoms with van der Waals surface area (Å²) in [5.41, 5.74) is 3.01. The Bertz CT molecular complexity index is 481. The Labute approximate surface area is 96.3 Å². The lowest BCUT2D eigenvalue weighted by molar-refractivity contribution is 0.185. The second-order valence-corrected chi connectivity index (χ2v) is 4.09. The van der Waals surface area contributed by atoms with Crippen molar-refractivity contribution in [1.29, 1.82) is 0 Å². The molecule has 0 atom stereocenters. The summed E-state index contributed by atoms with van der Waals surface area (Å²) in [5, 5.41) is 8.26. The summed E-state index contributed by atoms with van der Waals surface area (Å²) in [6.07, 6.45) is 0. The van der Waals surface area contributed by atoms with Crippen LogP contribution in [-0.2, 0) is 17.9 Å². The number of halogens is 1. The van der Waals surface area contributed by atoms with E-state index in [0.717, 1.165) is 27.6 Å². The van der Waals surface area contributed by atoms with E-state index in [1.165, 1.54) is 0 Å². The molecule has 0 unspecified atom stereocenters. The summed E-state index contributed by atoms with van der Waals surface area (Å²) in [6, 6.07) is 4.02. The molecule has 0 fully saturated rings. The Morgan fingerprint density at radius 2 is 2.27 bits per heavy atom. The zero-order chi connectivity index (χ0) is 10.8. The van der Waals surface area contributed by atoms with Crippen LogP contribution in [0.15, 0.2) is 16.6 Å². The van der Waals surface area contributed by atoms with Gasteiger partial charge in [0.2, 0.25) is 0 Å². The summed E-state index contributed by atoms with van der Waals surface area (Å²) >= 11 is 3.49. The van der Waals surface area contributed by atoms with Crippen molar-refractivity contribution in [2.75, 3.05) is 7.11 Å². The molecule has 1 aromatic heterocycles. The van der Waals surface area contributed by atoms with Gasteiger partial charge in [0.05, 0.1) is 12.1 Å². The first-order valence-electron chi connectivity index (χ1n) is 4.77. The van der Waals surface area contributed by atoms with Crippen LogP contribution < -0.4 is 0 Å². The molecule has 15 heavy (non-hydrogen) atoms. The molecule has 0 amide bonds. The van der Waals surface area contributed by atoms with E-state index in [0.29, 0.717) is 6.61 Å². The molecule has 4 nitrogen and oxygen atoms in total. The molecule has 2 aromatic rings. The van der Waals surface area contributed by atoms with Gasteiger partial charge < -0.3 is 4.74 Å². The number of aryl methyl sites for hydroxylation is 1. The number of rotatable bonds is 3. The van der Waals surface area contributed by atoms with Gasteiger partial charge >= 0.3 is 0 Å². The third-order valence-electron chi connectivity index (χ3n) is 2.32. The third kappa shape index (κ3) is 1.77. The molecule has 1 aromatic carbocycles. The summed E-state index contributed by atoms with van der Waals surface area (Å²) < 4.78 is 8.04. The third-order valence-corrected chi connectivity index (χ3v) is 3.07. The number of aromatic nitrogens is 3. The lowest BCUT2D eigenvalue weighted by Crippen LogP contribution is -1.96. The van der Waals surface area contributed by atoms with E-state index in [-0.39, 0.29) is 0 Å². The van der Waals surface area contributed by atoms with Crippen LogP contribution in [0, 0.1) is 0 Å². The quantitative estimate of drug-likeness (QED) is 0.859. The molecule has 0 N–H and O–H groups in total. The maximum Gasteiger partial charge on any atom is 0.119 e. The molecule has 0 aliphatic rings. The predicted molar refractivity (Wildman–Crippen MR) is 61.6 cm³/mol. The normalized spacial score (nSPS) is 11.1. The Morgan fingerprint density at radius 1 is 1.47 bits per heavy atom. The van der Waals surface area contributed by atoms with Crippen LogP contribution in [0.3, 0.4) is 0 Å². The average molecular weight is 270 g/mol. The lowest BCUT2D eigenvalue weighted by atomic mass is 10.2. The number of ether oxygens (including phenoxy) is 1. The number of hydrogen-bond acceptors (Lipinski definition) is 3. The van der Waals surface area contributed by atoms with Gasteiger partial charge in [-0.05, 0) is 19.1 Å². The maximum atomic E-state index is 5.15. The van der Waals surface area contributed by atoms with Crippen molar-refractivity contribution in [3.05, 3.63) is 22.2 Å². The van der Waals surface area contributed by atoms with Crippen LogP contribution in [0.1, 0.15) is 12.5 Å². The van der Waals surface area contributed by atoms with Crippen molar-refractivity contribution in [1.82, 2.24) is 15.0 Å². The fourth-order valence-electron chi connectivity index (χ4n) is 1.58. The molecular formula is C10H12BrN3O. The zero-order valence-corrected chi connectivity index (χ0v) is 10.3. The highest BCUT2D eigenvalue weighted by Crippen LogP contribution is 2.25. The SMILES string of the molecule is CCn1nnc2c(COC)c(Br)ccc21. The van der Waals surface area contributed by atoms with E-state index >= 15 is 0 Å². The Kier molecular flexibility index (Phi) is 3.02. The van der Waals surface area contributed by atoms with Crippen LogP contribution in [0.4, 0.5) is 0 Å². The van der Waals surface area contributed by atoms with E-state index in [1.807, 2.05) is 23.7 Å². The summed E-state index contributed by atoms with van der Waals surface area (Å²) in [6.45, 7) is 3.41. The van der Waals surface area contributed by atoms with E-state index in [4.69, 9.17) is 4.74 Å². The van der Waals surface area contributed by atoms with Crippen molar-refractivity contribution in [3.63, 3.8) is 0 Å². The molecule has 0 radical (unpaired) electrons. The molecule has 0 spiro atoms. The standard InChI is InChI=1S/C10H12BrN3O/c1-3-14-9-5-4-8(11)7(6-15-2)10(9)12-13-14/h4-5H,3,6H2,1-2H3. The van der Waals surface area contributed by atoms with Gasteiger partial charge in [-0.25, -0.2) is 4.68 Å². The predicted octanol–water partition coefficient (Wildman–Crippen LogP) is 2.36. The van der Waals surface area contributed by atoms with Gasteiger partial charge in [-0.3, -0.25) is 0 Å². The summed E-state index contributed by atoms with van der Waals surface area (Å²) in [4.78, 5) is 0. The highest BCUT2D eigenvalue weighted by Gasteiger charge is 2.11. The first-order chi connectivity index (χ1) is 7.27. The molecule has 80 valence electrons. The van der Waals surface area contributed by atoms with Crippen molar-refractivity contribution in [2.24, 2.45) is 0 Å². The van der Waals surface area contributed by atoms with Crippen molar-refractivity contribution in [2.45, 2.75) is 20.1 Å². The zero-order valence-electron chi connectivity index (χ0n) is 8.70. The van der Waals surface area contributed by atoms with Gasteiger partial charge in [0.25, 0.3) is 0 Å². The van der Waals surface area contributed by atoms with Gasteiger partial charge in [0, 0.05) is 23.7 Å². The second kappa shape index (κ2) is 4.28. The minimum atomic E-state index is 0.542. The van der Waals surface area contributed by atoms with Gasteiger partial charge in [-0.1, -0.05) is 21.1 Å². The molecule has 0 bridgehead atoms. The molecule has 0 aliphatic heterocycles. The second-order valence-electron chi connectivity index (χ2n) is 3.23. The molecule has 2 rings (SSSR count). The molecule has 0 aliphatic carbocycles. The van der Waals surface area contributed by atoms with Gasteiger partial charge in [-0.15, -0.1) is 5.10 Å². The molecule has 0 saturated carbocycles. The number of nitrogens with zero attached hydrogens (tertiary/aromatic N) is 3. The van der Waals surface area contributed by atoms with Crippen LogP contribution in [0.25, 0.3) is 11.0 Å². The van der Waals surface area contributed by atoms with E-state index in [1.54, 1.807) is 7.11 Å². The first-order valence-corrected chi connectivity index (χ1v) is 5.56. The Morgan fingerprint density at radius 3 is 2.93 bits per heavy atom. The topological polar surface area (TPSA) is 39.9 Å². The van der Waals surface area contributed by atoms with Gasteiger partial charge in [0.1, 0.15) is 5.52 Å². The largest absolute Gasteiger partial charge is 0.380 e. The van der Waals surface area contributed by atoms with E-state index in [2.05, 4.69) is 26.2 Å². The van der Waals surface area contributed by atoms with E-state index in [9.17, 15) is 0 Å². The van der Waals surface area contributed by atoms with Gasteiger partial charge in [0.15, 0.2) is 0 Å². The van der Waals surface area contributed by atoms with Crippen LogP contribution in [0.5, 0.6) is 0 Å². The highest BCUT2D eigenvalue weighted by molar-refractivity contribution is 9.10. The first kappa shape index (κ1) is 10.6. The monoisotopic (exact) mass is 269 g/mol. The molecule has 1 heterocycles. The summed E-state index contributed by atoms with van der Waals surface area (Å²) in [7, 11) is 1.68. The highest BCUT2D eigenvalue weighted by atomic mass is 79.9. The Hall–Kier alpha value is -0.940. The van der Waals surface area contributed by atoms with Crippen LogP contribution >= 0.6 is 15.9 Å². The minimum absolute atomic E-state index is 0.542. The Balaban J connectivity index is 2.66. The minimum Gasteiger partial charge on any atom is -0.380 e. The average Bonchev–Trinajstić information content (AvgIpc) is 2.65. The number of hydrogen-bond donors (Lipinski definition) is 0. The van der Waals surface area contributed by atoms with Crippen molar-refractivity contribution < 1.29 is 4.74 Å².